The largest absolute Gasteiger partial charge is 0.384 e. The van der Waals surface area contributed by atoms with E-state index in [0.717, 1.165) is 6.61 Å². The van der Waals surface area contributed by atoms with Crippen molar-refractivity contribution in [3.8, 4) is 0 Å². The van der Waals surface area contributed by atoms with Gasteiger partial charge in [0, 0.05) is 13.2 Å². The van der Waals surface area contributed by atoms with Gasteiger partial charge in [0.1, 0.15) is 0 Å². The smallest absolute Gasteiger partial charge is 0.0505 e. The van der Waals surface area contributed by atoms with Crippen LogP contribution in [0.5, 0.6) is 0 Å². The number of rotatable bonds is 6. The molecular formula is C10H23NO. The van der Waals surface area contributed by atoms with Crippen LogP contribution < -0.4 is 0 Å². The summed E-state index contributed by atoms with van der Waals surface area (Å²) in [5.74, 6) is 0.676. The van der Waals surface area contributed by atoms with Gasteiger partial charge >= 0.3 is 0 Å². The van der Waals surface area contributed by atoms with Crippen LogP contribution in [0.4, 0.5) is 0 Å². The predicted octanol–water partition coefficient (Wildman–Crippen LogP) is 2.00. The number of hydrogen-bond acceptors (Lipinski definition) is 2. The first kappa shape index (κ1) is 11.9. The summed E-state index contributed by atoms with van der Waals surface area (Å²) in [6, 6.07) is 0.662. The molecular weight excluding hydrogens is 150 g/mol. The average Bonchev–Trinajstić information content (AvgIpc) is 2.03. The second-order valence-corrected chi connectivity index (χ2v) is 3.56. The fourth-order valence-corrected chi connectivity index (χ4v) is 1.84. The summed E-state index contributed by atoms with van der Waals surface area (Å²) in [4.78, 5) is 2.30. The van der Waals surface area contributed by atoms with Crippen molar-refractivity contribution in [3.63, 3.8) is 0 Å². The van der Waals surface area contributed by atoms with Crippen molar-refractivity contribution in [3.05, 3.63) is 0 Å². The lowest BCUT2D eigenvalue weighted by molar-refractivity contribution is 0.0925. The lowest BCUT2D eigenvalue weighted by atomic mass is 9.95. The van der Waals surface area contributed by atoms with Gasteiger partial charge in [-0.2, -0.15) is 0 Å². The zero-order valence-electron chi connectivity index (χ0n) is 9.13. The second-order valence-electron chi connectivity index (χ2n) is 3.56. The van der Waals surface area contributed by atoms with Gasteiger partial charge in [-0.25, -0.2) is 0 Å². The fraction of sp³-hybridized carbons (Fsp3) is 1.00. The summed E-state index contributed by atoms with van der Waals surface area (Å²) in [7, 11) is 6.07. The Hall–Kier alpha value is -0.0800. The van der Waals surface area contributed by atoms with E-state index in [9.17, 15) is 0 Å². The van der Waals surface area contributed by atoms with Crippen molar-refractivity contribution in [1.29, 1.82) is 0 Å². The summed E-state index contributed by atoms with van der Waals surface area (Å²) in [6.07, 6.45) is 2.40. The lowest BCUT2D eigenvalue weighted by Gasteiger charge is -2.30. The molecule has 0 aliphatic rings. The van der Waals surface area contributed by atoms with Crippen LogP contribution in [0, 0.1) is 5.92 Å². The number of ether oxygens (including phenoxy) is 1. The third-order valence-electron chi connectivity index (χ3n) is 2.53. The van der Waals surface area contributed by atoms with Crippen LogP contribution in [0.25, 0.3) is 0 Å². The normalized spacial score (nSPS) is 16.5. The Labute approximate surface area is 76.9 Å². The van der Waals surface area contributed by atoms with Crippen molar-refractivity contribution < 1.29 is 4.74 Å². The van der Waals surface area contributed by atoms with E-state index in [1.165, 1.54) is 12.8 Å². The molecule has 0 fully saturated rings. The minimum atomic E-state index is 0.662. The molecule has 0 saturated carbocycles. The maximum Gasteiger partial charge on any atom is 0.0505 e. The molecule has 0 saturated heterocycles. The molecule has 2 nitrogen and oxygen atoms in total. The van der Waals surface area contributed by atoms with Gasteiger partial charge in [-0.1, -0.05) is 13.8 Å². The zero-order chi connectivity index (χ0) is 9.56. The van der Waals surface area contributed by atoms with Crippen molar-refractivity contribution in [1.82, 2.24) is 4.90 Å². The van der Waals surface area contributed by atoms with Crippen molar-refractivity contribution in [2.75, 3.05) is 27.8 Å². The van der Waals surface area contributed by atoms with E-state index in [0.29, 0.717) is 12.0 Å². The molecule has 0 aromatic heterocycles. The van der Waals surface area contributed by atoms with Crippen molar-refractivity contribution in [2.24, 2.45) is 5.92 Å². The van der Waals surface area contributed by atoms with E-state index in [1.807, 2.05) is 0 Å². The predicted molar refractivity (Wildman–Crippen MR) is 53.4 cm³/mol. The van der Waals surface area contributed by atoms with E-state index < -0.39 is 0 Å². The van der Waals surface area contributed by atoms with Crippen LogP contribution in [0.1, 0.15) is 26.7 Å². The highest BCUT2D eigenvalue weighted by Crippen LogP contribution is 2.16. The van der Waals surface area contributed by atoms with Crippen molar-refractivity contribution in [2.45, 2.75) is 32.7 Å². The van der Waals surface area contributed by atoms with E-state index in [2.05, 4.69) is 32.8 Å². The SMILES string of the molecule is CCC(COC)C(CC)N(C)C. The molecule has 0 radical (unpaired) electrons. The number of nitrogens with zero attached hydrogens (tertiary/aromatic N) is 1. The van der Waals surface area contributed by atoms with Gasteiger partial charge in [0.05, 0.1) is 6.61 Å². The Morgan fingerprint density at radius 1 is 1.17 bits per heavy atom. The maximum absolute atomic E-state index is 5.20. The molecule has 0 aliphatic heterocycles. The molecule has 0 aromatic rings. The molecule has 12 heavy (non-hydrogen) atoms. The van der Waals surface area contributed by atoms with Crippen LogP contribution >= 0.6 is 0 Å². The Morgan fingerprint density at radius 2 is 1.75 bits per heavy atom. The minimum absolute atomic E-state index is 0.662. The quantitative estimate of drug-likeness (QED) is 0.609. The molecule has 0 heterocycles. The summed E-state index contributed by atoms with van der Waals surface area (Å²) in [5, 5.41) is 0. The molecule has 2 atom stereocenters. The van der Waals surface area contributed by atoms with Gasteiger partial charge in [0.25, 0.3) is 0 Å². The van der Waals surface area contributed by atoms with Crippen LogP contribution in [-0.2, 0) is 4.74 Å². The Balaban J connectivity index is 4.02. The van der Waals surface area contributed by atoms with Gasteiger partial charge in [0.15, 0.2) is 0 Å². The van der Waals surface area contributed by atoms with Gasteiger partial charge in [-0.15, -0.1) is 0 Å². The molecule has 0 aromatic carbocycles. The van der Waals surface area contributed by atoms with Crippen LogP contribution in [0.2, 0.25) is 0 Å². The Bertz CT molecular complexity index is 104. The molecule has 0 spiro atoms. The van der Waals surface area contributed by atoms with E-state index in [4.69, 9.17) is 4.74 Å². The summed E-state index contributed by atoms with van der Waals surface area (Å²) >= 11 is 0. The summed E-state index contributed by atoms with van der Waals surface area (Å²) < 4.78 is 5.20. The maximum atomic E-state index is 5.20. The first-order valence-corrected chi connectivity index (χ1v) is 4.82. The number of methoxy groups -OCH3 is 1. The van der Waals surface area contributed by atoms with Crippen LogP contribution in [0.3, 0.4) is 0 Å². The first-order chi connectivity index (χ1) is 5.67. The molecule has 0 amide bonds. The Morgan fingerprint density at radius 3 is 2.00 bits per heavy atom. The standard InChI is InChI=1S/C10H23NO/c1-6-9(8-12-5)10(7-2)11(3)4/h9-10H,6-8H2,1-5H3. The van der Waals surface area contributed by atoms with Gasteiger partial charge in [-0.3, -0.25) is 0 Å². The van der Waals surface area contributed by atoms with E-state index in [1.54, 1.807) is 7.11 Å². The third kappa shape index (κ3) is 3.55. The highest BCUT2D eigenvalue weighted by atomic mass is 16.5. The summed E-state index contributed by atoms with van der Waals surface area (Å²) in [5.41, 5.74) is 0. The minimum Gasteiger partial charge on any atom is -0.384 e. The monoisotopic (exact) mass is 173 g/mol. The molecule has 0 rings (SSSR count). The van der Waals surface area contributed by atoms with Gasteiger partial charge < -0.3 is 9.64 Å². The average molecular weight is 173 g/mol. The topological polar surface area (TPSA) is 12.5 Å². The highest BCUT2D eigenvalue weighted by Gasteiger charge is 2.19. The zero-order valence-corrected chi connectivity index (χ0v) is 9.13. The van der Waals surface area contributed by atoms with Gasteiger partial charge in [0.2, 0.25) is 0 Å². The highest BCUT2D eigenvalue weighted by molar-refractivity contribution is 4.73. The number of hydrogen-bond donors (Lipinski definition) is 0. The Kier molecular flexibility index (Phi) is 6.39. The summed E-state index contributed by atoms with van der Waals surface area (Å²) in [6.45, 7) is 5.35. The molecule has 0 aliphatic carbocycles. The van der Waals surface area contributed by atoms with Crippen LogP contribution in [-0.4, -0.2) is 38.8 Å². The lowest BCUT2D eigenvalue weighted by Crippen LogP contribution is -2.36. The molecule has 0 N–H and O–H groups in total. The van der Waals surface area contributed by atoms with Gasteiger partial charge in [-0.05, 0) is 32.9 Å². The molecule has 74 valence electrons. The first-order valence-electron chi connectivity index (χ1n) is 4.82. The second kappa shape index (κ2) is 6.44. The van der Waals surface area contributed by atoms with Crippen LogP contribution in [0.15, 0.2) is 0 Å². The van der Waals surface area contributed by atoms with E-state index in [-0.39, 0.29) is 0 Å². The third-order valence-corrected chi connectivity index (χ3v) is 2.53. The van der Waals surface area contributed by atoms with E-state index >= 15 is 0 Å². The molecule has 2 heteroatoms. The molecule has 0 bridgehead atoms. The molecule has 2 unspecified atom stereocenters. The van der Waals surface area contributed by atoms with Crippen molar-refractivity contribution >= 4 is 0 Å². The fourth-order valence-electron chi connectivity index (χ4n) is 1.84.